The third-order valence-corrected chi connectivity index (χ3v) is 1.80. The molecule has 10 heteroatoms. The van der Waals surface area contributed by atoms with Gasteiger partial charge in [-0.25, -0.2) is 4.98 Å². The summed E-state index contributed by atoms with van der Waals surface area (Å²) in [5.74, 6) is -0.887. The van der Waals surface area contributed by atoms with Crippen molar-refractivity contribution in [1.29, 1.82) is 0 Å². The molecule has 0 unspecified atom stereocenters. The quantitative estimate of drug-likeness (QED) is 0.799. The first kappa shape index (κ1) is 17.3. The summed E-state index contributed by atoms with van der Waals surface area (Å²) >= 11 is 0. The lowest BCUT2D eigenvalue weighted by molar-refractivity contribution is -0.155. The molecule has 1 rings (SSSR count). The summed E-state index contributed by atoms with van der Waals surface area (Å²) in [7, 11) is 0. The van der Waals surface area contributed by atoms with Crippen LogP contribution in [0.5, 0.6) is 11.9 Å². The highest BCUT2D eigenvalue weighted by Crippen LogP contribution is 2.36. The molecule has 0 aliphatic heterocycles. The summed E-state index contributed by atoms with van der Waals surface area (Å²) in [6.45, 7) is 2.68. The first-order valence-corrected chi connectivity index (χ1v) is 5.61. The third-order valence-electron chi connectivity index (χ3n) is 1.80. The molecule has 21 heavy (non-hydrogen) atoms. The fourth-order valence-corrected chi connectivity index (χ4v) is 1.13. The zero-order valence-electron chi connectivity index (χ0n) is 11.3. The number of hydrogen-bond acceptors (Lipinski definition) is 4. The van der Waals surface area contributed by atoms with E-state index in [1.54, 1.807) is 0 Å². The van der Waals surface area contributed by atoms with Crippen LogP contribution in [-0.4, -0.2) is 28.4 Å². The summed E-state index contributed by atoms with van der Waals surface area (Å²) in [4.78, 5) is 6.36. The summed E-state index contributed by atoms with van der Waals surface area (Å²) in [5, 5.41) is 0. The van der Waals surface area contributed by atoms with Gasteiger partial charge in [0.2, 0.25) is 5.88 Å². The Morgan fingerprint density at radius 2 is 1.62 bits per heavy atom. The van der Waals surface area contributed by atoms with Gasteiger partial charge >= 0.3 is 18.4 Å². The molecule has 0 atom stereocenters. The van der Waals surface area contributed by atoms with Crippen molar-refractivity contribution in [3.8, 4) is 11.9 Å². The van der Waals surface area contributed by atoms with Gasteiger partial charge in [0.05, 0.1) is 6.20 Å². The Kier molecular flexibility index (Phi) is 4.59. The lowest BCUT2D eigenvalue weighted by Crippen LogP contribution is -2.26. The molecule has 1 aromatic heterocycles. The molecule has 120 valence electrons. The summed E-state index contributed by atoms with van der Waals surface area (Å²) in [6, 6.07) is -0.848. The van der Waals surface area contributed by atoms with Crippen LogP contribution in [0.25, 0.3) is 0 Å². The van der Waals surface area contributed by atoms with E-state index in [9.17, 15) is 26.3 Å². The van der Waals surface area contributed by atoms with Gasteiger partial charge in [-0.05, 0) is 20.8 Å². The molecule has 0 spiro atoms. The molecule has 0 saturated heterocycles. The van der Waals surface area contributed by atoms with Crippen LogP contribution in [-0.2, 0) is 6.18 Å². The first-order chi connectivity index (χ1) is 9.28. The van der Waals surface area contributed by atoms with Crippen molar-refractivity contribution in [2.75, 3.05) is 6.61 Å². The summed E-state index contributed by atoms with van der Waals surface area (Å²) < 4.78 is 83.4. The molecule has 0 bridgehead atoms. The molecule has 1 aromatic rings. The maximum atomic E-state index is 12.7. The van der Waals surface area contributed by atoms with Crippen molar-refractivity contribution in [3.63, 3.8) is 0 Å². The largest absolute Gasteiger partial charge is 0.471 e. The summed E-state index contributed by atoms with van der Waals surface area (Å²) in [6.07, 6.45) is -9.14. The maximum absolute atomic E-state index is 12.7. The molecular weight excluding hydrogens is 306 g/mol. The van der Waals surface area contributed by atoms with Gasteiger partial charge in [-0.3, -0.25) is 0 Å². The van der Waals surface area contributed by atoms with Crippen LogP contribution in [0.1, 0.15) is 26.3 Å². The number of hydrogen-bond donors (Lipinski definition) is 0. The molecular formula is C11H12F6N2O2. The molecule has 0 aliphatic rings. The lowest BCUT2D eigenvalue weighted by atomic mass is 10.2. The van der Waals surface area contributed by atoms with Crippen molar-refractivity contribution < 1.29 is 35.8 Å². The van der Waals surface area contributed by atoms with Crippen molar-refractivity contribution in [3.05, 3.63) is 11.8 Å². The van der Waals surface area contributed by atoms with Crippen molar-refractivity contribution >= 4 is 0 Å². The predicted octanol–water partition coefficient (Wildman–Crippen LogP) is 3.61. The highest BCUT2D eigenvalue weighted by molar-refractivity contribution is 5.28. The van der Waals surface area contributed by atoms with Gasteiger partial charge in [-0.15, -0.1) is 0 Å². The predicted molar refractivity (Wildman–Crippen MR) is 59.0 cm³/mol. The van der Waals surface area contributed by atoms with Crippen molar-refractivity contribution in [2.45, 2.75) is 38.7 Å². The van der Waals surface area contributed by atoms with E-state index in [2.05, 4.69) is 14.7 Å². The second kappa shape index (κ2) is 5.57. The van der Waals surface area contributed by atoms with Gasteiger partial charge in [0.15, 0.2) is 6.61 Å². The molecule has 0 N–H and O–H groups in total. The zero-order valence-corrected chi connectivity index (χ0v) is 11.3. The minimum absolute atomic E-state index is 0.319. The fraction of sp³-hybridized carbons (Fsp3) is 0.636. The molecule has 0 fully saturated rings. The number of alkyl halides is 6. The normalized spacial score (nSPS) is 13.2. The Morgan fingerprint density at radius 3 is 2.05 bits per heavy atom. The van der Waals surface area contributed by atoms with Crippen LogP contribution in [0.4, 0.5) is 26.3 Å². The van der Waals surface area contributed by atoms with E-state index in [0.29, 0.717) is 6.20 Å². The maximum Gasteiger partial charge on any atom is 0.423 e. The molecule has 0 amide bonds. The average Bonchev–Trinajstić information content (AvgIpc) is 2.21. The Balaban J connectivity index is 3.09. The van der Waals surface area contributed by atoms with E-state index < -0.39 is 42.0 Å². The standard InChI is InChI=1S/C11H12F6N2O2/c1-9(2,3)21-7-6(11(15,16)17)4-18-8(19-7)20-5-10(12,13)14/h4H,5H2,1-3H3. The zero-order chi connectivity index (χ0) is 16.5. The van der Waals surface area contributed by atoms with E-state index >= 15 is 0 Å². The van der Waals surface area contributed by atoms with E-state index in [0.717, 1.165) is 0 Å². The second-order valence-corrected chi connectivity index (χ2v) is 4.99. The van der Waals surface area contributed by atoms with Crippen molar-refractivity contribution in [1.82, 2.24) is 9.97 Å². The molecule has 0 radical (unpaired) electrons. The van der Waals surface area contributed by atoms with Crippen LogP contribution in [0.15, 0.2) is 6.20 Å². The minimum atomic E-state index is -4.80. The molecule has 4 nitrogen and oxygen atoms in total. The van der Waals surface area contributed by atoms with Crippen LogP contribution in [0.3, 0.4) is 0 Å². The van der Waals surface area contributed by atoms with E-state index in [-0.39, 0.29) is 0 Å². The molecule has 1 heterocycles. The minimum Gasteiger partial charge on any atom is -0.471 e. The third kappa shape index (κ3) is 6.05. The highest BCUT2D eigenvalue weighted by Gasteiger charge is 2.38. The van der Waals surface area contributed by atoms with Gasteiger partial charge in [0.25, 0.3) is 0 Å². The van der Waals surface area contributed by atoms with E-state index in [4.69, 9.17) is 4.74 Å². The highest BCUT2D eigenvalue weighted by atomic mass is 19.4. The Bertz CT molecular complexity index is 493. The number of nitrogens with zero attached hydrogens (tertiary/aromatic N) is 2. The lowest BCUT2D eigenvalue weighted by Gasteiger charge is -2.22. The molecule has 0 saturated carbocycles. The van der Waals surface area contributed by atoms with Crippen LogP contribution < -0.4 is 9.47 Å². The smallest absolute Gasteiger partial charge is 0.423 e. The van der Waals surface area contributed by atoms with Gasteiger partial charge < -0.3 is 9.47 Å². The van der Waals surface area contributed by atoms with Gasteiger partial charge in [0.1, 0.15) is 11.2 Å². The Morgan fingerprint density at radius 1 is 1.05 bits per heavy atom. The first-order valence-electron chi connectivity index (χ1n) is 5.61. The number of halogens is 6. The van der Waals surface area contributed by atoms with Gasteiger partial charge in [-0.2, -0.15) is 31.3 Å². The Labute approximate surface area is 116 Å². The number of ether oxygens (including phenoxy) is 2. The van der Waals surface area contributed by atoms with Crippen LogP contribution in [0, 0.1) is 0 Å². The molecule has 0 aromatic carbocycles. The average molecular weight is 318 g/mol. The Hall–Kier alpha value is -1.74. The molecule has 0 aliphatic carbocycles. The topological polar surface area (TPSA) is 44.2 Å². The monoisotopic (exact) mass is 318 g/mol. The van der Waals surface area contributed by atoms with Gasteiger partial charge in [0, 0.05) is 0 Å². The number of rotatable bonds is 3. The SMILES string of the molecule is CC(C)(C)Oc1nc(OCC(F)(F)F)ncc1C(F)(F)F. The second-order valence-electron chi connectivity index (χ2n) is 4.99. The van der Waals surface area contributed by atoms with Crippen molar-refractivity contribution in [2.24, 2.45) is 0 Å². The van der Waals surface area contributed by atoms with Gasteiger partial charge in [-0.1, -0.05) is 0 Å². The number of aromatic nitrogens is 2. The van der Waals surface area contributed by atoms with E-state index in [1.165, 1.54) is 20.8 Å². The fourth-order valence-electron chi connectivity index (χ4n) is 1.13. The van der Waals surface area contributed by atoms with E-state index in [1.807, 2.05) is 0 Å². The van der Waals surface area contributed by atoms with Crippen LogP contribution in [0.2, 0.25) is 0 Å². The summed E-state index contributed by atoms with van der Waals surface area (Å²) in [5.41, 5.74) is -2.33. The van der Waals surface area contributed by atoms with Crippen LogP contribution >= 0.6 is 0 Å².